The minimum atomic E-state index is -0.318. The summed E-state index contributed by atoms with van der Waals surface area (Å²) in [6.07, 6.45) is 2.32. The van der Waals surface area contributed by atoms with Gasteiger partial charge in [-0.15, -0.1) is 0 Å². The van der Waals surface area contributed by atoms with E-state index in [0.29, 0.717) is 12.5 Å². The van der Waals surface area contributed by atoms with E-state index < -0.39 is 0 Å². The maximum atomic E-state index is 9.60. The van der Waals surface area contributed by atoms with Crippen molar-refractivity contribution in [2.75, 3.05) is 11.9 Å². The lowest BCUT2D eigenvalue weighted by Crippen LogP contribution is -2.32. The minimum Gasteiger partial charge on any atom is -0.462 e. The quantitative estimate of drug-likeness (QED) is 0.805. The molecular weight excluding hydrogens is 240 g/mol. The first-order valence-corrected chi connectivity index (χ1v) is 6.62. The van der Waals surface area contributed by atoms with Crippen LogP contribution in [0.25, 0.3) is 0 Å². The first-order valence-electron chi connectivity index (χ1n) is 6.62. The van der Waals surface area contributed by atoms with Gasteiger partial charge in [0, 0.05) is 18.3 Å². The van der Waals surface area contributed by atoms with Crippen molar-refractivity contribution in [3.63, 3.8) is 0 Å². The van der Waals surface area contributed by atoms with E-state index in [0.717, 1.165) is 19.4 Å². The maximum absolute atomic E-state index is 9.60. The number of nitrogens with two attached hydrogens (primary N) is 1. The Morgan fingerprint density at radius 3 is 2.63 bits per heavy atom. The van der Waals surface area contributed by atoms with Crippen LogP contribution in [0.15, 0.2) is 24.3 Å². The third-order valence-corrected chi connectivity index (χ3v) is 2.83. The smallest absolute Gasteiger partial charge is 0.293 e. The number of para-hydroxylation sites is 1. The van der Waals surface area contributed by atoms with Gasteiger partial charge in [0.15, 0.2) is 0 Å². The number of rotatable bonds is 2. The standard InChI is InChI=1S/C10H14N2.C5H10O2/c11-7-9-6-5-8-3-1-2-4-10(8)12-9;1-5(2,3)7-4-6/h1-4,9,12H,5-7,11H2;4H,1-3H3. The number of hydrogen-bond acceptors (Lipinski definition) is 4. The van der Waals surface area contributed by atoms with E-state index >= 15 is 0 Å². The Kier molecular flexibility index (Phi) is 5.83. The summed E-state index contributed by atoms with van der Waals surface area (Å²) in [6.45, 7) is 6.65. The fourth-order valence-corrected chi connectivity index (χ4v) is 1.82. The van der Waals surface area contributed by atoms with Crippen molar-refractivity contribution in [3.8, 4) is 0 Å². The first kappa shape index (κ1) is 15.5. The predicted octanol–water partition coefficient (Wildman–Crippen LogP) is 2.33. The van der Waals surface area contributed by atoms with Crippen molar-refractivity contribution >= 4 is 12.2 Å². The minimum absolute atomic E-state index is 0.318. The van der Waals surface area contributed by atoms with Gasteiger partial charge in [-0.3, -0.25) is 4.79 Å². The van der Waals surface area contributed by atoms with Crippen LogP contribution < -0.4 is 11.1 Å². The molecule has 1 aliphatic rings. The zero-order valence-electron chi connectivity index (χ0n) is 12.0. The van der Waals surface area contributed by atoms with Crippen LogP contribution in [0.5, 0.6) is 0 Å². The van der Waals surface area contributed by atoms with Crippen LogP contribution in [0.3, 0.4) is 0 Å². The Morgan fingerprint density at radius 1 is 1.42 bits per heavy atom. The fraction of sp³-hybridized carbons (Fsp3) is 0.533. The zero-order chi connectivity index (χ0) is 14.3. The van der Waals surface area contributed by atoms with Crippen molar-refractivity contribution in [1.82, 2.24) is 0 Å². The largest absolute Gasteiger partial charge is 0.462 e. The van der Waals surface area contributed by atoms with Crippen molar-refractivity contribution in [3.05, 3.63) is 29.8 Å². The van der Waals surface area contributed by atoms with Gasteiger partial charge in [0.2, 0.25) is 0 Å². The lowest BCUT2D eigenvalue weighted by atomic mass is 9.98. The van der Waals surface area contributed by atoms with Gasteiger partial charge in [-0.05, 0) is 45.2 Å². The molecule has 1 atom stereocenters. The van der Waals surface area contributed by atoms with Gasteiger partial charge in [0.25, 0.3) is 6.47 Å². The third-order valence-electron chi connectivity index (χ3n) is 2.83. The van der Waals surface area contributed by atoms with E-state index in [-0.39, 0.29) is 5.60 Å². The topological polar surface area (TPSA) is 64.3 Å². The van der Waals surface area contributed by atoms with E-state index in [2.05, 4.69) is 34.3 Å². The highest BCUT2D eigenvalue weighted by Gasteiger charge is 2.14. The normalized spacial score (nSPS) is 17.4. The van der Waals surface area contributed by atoms with E-state index in [1.165, 1.54) is 11.3 Å². The molecule has 0 aromatic heterocycles. The number of ether oxygens (including phenoxy) is 1. The molecule has 0 saturated carbocycles. The number of anilines is 1. The van der Waals surface area contributed by atoms with Crippen molar-refractivity contribution in [2.24, 2.45) is 5.73 Å². The van der Waals surface area contributed by atoms with E-state index in [4.69, 9.17) is 5.73 Å². The fourth-order valence-electron chi connectivity index (χ4n) is 1.82. The molecule has 1 aromatic carbocycles. The highest BCUT2D eigenvalue weighted by molar-refractivity contribution is 5.53. The Labute approximate surface area is 115 Å². The number of carbonyl (C=O) groups excluding carboxylic acids is 1. The molecule has 0 radical (unpaired) electrons. The molecule has 2 rings (SSSR count). The van der Waals surface area contributed by atoms with E-state index in [9.17, 15) is 4.79 Å². The Bertz CT molecular complexity index is 399. The molecule has 106 valence electrons. The molecule has 0 bridgehead atoms. The monoisotopic (exact) mass is 264 g/mol. The van der Waals surface area contributed by atoms with Crippen LogP contribution in [0.4, 0.5) is 5.69 Å². The number of hydrogen-bond donors (Lipinski definition) is 2. The summed E-state index contributed by atoms with van der Waals surface area (Å²) in [5.41, 5.74) is 7.96. The summed E-state index contributed by atoms with van der Waals surface area (Å²) in [5, 5.41) is 3.42. The SMILES string of the molecule is CC(C)(C)OC=O.NCC1CCc2ccccc2N1. The predicted molar refractivity (Wildman–Crippen MR) is 78.1 cm³/mol. The van der Waals surface area contributed by atoms with Gasteiger partial charge in [0.05, 0.1) is 0 Å². The zero-order valence-corrected chi connectivity index (χ0v) is 12.0. The molecule has 0 aliphatic carbocycles. The van der Waals surface area contributed by atoms with Crippen molar-refractivity contribution < 1.29 is 9.53 Å². The van der Waals surface area contributed by atoms with Gasteiger partial charge in [-0.25, -0.2) is 0 Å². The molecule has 0 saturated heterocycles. The second kappa shape index (κ2) is 7.14. The molecule has 1 aromatic rings. The number of fused-ring (bicyclic) bond motifs is 1. The van der Waals surface area contributed by atoms with E-state index in [1.54, 1.807) is 0 Å². The van der Waals surface area contributed by atoms with E-state index in [1.807, 2.05) is 20.8 Å². The van der Waals surface area contributed by atoms with Crippen LogP contribution in [-0.2, 0) is 16.0 Å². The number of benzene rings is 1. The lowest BCUT2D eigenvalue weighted by molar-refractivity contribution is -0.138. The Morgan fingerprint density at radius 2 is 2.11 bits per heavy atom. The van der Waals surface area contributed by atoms with Crippen molar-refractivity contribution in [1.29, 1.82) is 0 Å². The summed E-state index contributed by atoms with van der Waals surface area (Å²) in [6, 6.07) is 8.92. The van der Waals surface area contributed by atoms with Crippen LogP contribution >= 0.6 is 0 Å². The van der Waals surface area contributed by atoms with Gasteiger partial charge in [-0.2, -0.15) is 0 Å². The summed E-state index contributed by atoms with van der Waals surface area (Å²) < 4.78 is 4.55. The maximum Gasteiger partial charge on any atom is 0.293 e. The third kappa shape index (κ3) is 5.75. The average Bonchev–Trinajstić information content (AvgIpc) is 2.37. The second-order valence-electron chi connectivity index (χ2n) is 5.60. The van der Waals surface area contributed by atoms with Gasteiger partial charge >= 0.3 is 0 Å². The molecule has 4 nitrogen and oxygen atoms in total. The summed E-state index contributed by atoms with van der Waals surface area (Å²) >= 11 is 0. The lowest BCUT2D eigenvalue weighted by Gasteiger charge is -2.25. The number of carbonyl (C=O) groups is 1. The molecular formula is C15H24N2O2. The highest BCUT2D eigenvalue weighted by Crippen LogP contribution is 2.23. The van der Waals surface area contributed by atoms with Gasteiger partial charge in [0.1, 0.15) is 5.60 Å². The number of aryl methyl sites for hydroxylation is 1. The van der Waals surface area contributed by atoms with Gasteiger partial charge in [-0.1, -0.05) is 18.2 Å². The van der Waals surface area contributed by atoms with Crippen LogP contribution in [-0.4, -0.2) is 24.7 Å². The summed E-state index contributed by atoms with van der Waals surface area (Å²) in [5.74, 6) is 0. The summed E-state index contributed by atoms with van der Waals surface area (Å²) in [4.78, 5) is 9.60. The average molecular weight is 264 g/mol. The van der Waals surface area contributed by atoms with Gasteiger partial charge < -0.3 is 15.8 Å². The summed E-state index contributed by atoms with van der Waals surface area (Å²) in [7, 11) is 0. The molecule has 19 heavy (non-hydrogen) atoms. The first-order chi connectivity index (χ1) is 8.96. The second-order valence-corrected chi connectivity index (χ2v) is 5.60. The number of nitrogens with one attached hydrogen (secondary N) is 1. The molecule has 0 amide bonds. The van der Waals surface area contributed by atoms with Crippen molar-refractivity contribution in [2.45, 2.75) is 45.3 Å². The van der Waals surface area contributed by atoms with Crippen LogP contribution in [0.1, 0.15) is 32.8 Å². The molecule has 3 N–H and O–H groups in total. The molecule has 0 spiro atoms. The Balaban J connectivity index is 0.000000224. The van der Waals surface area contributed by atoms with Crippen LogP contribution in [0.2, 0.25) is 0 Å². The Hall–Kier alpha value is -1.55. The highest BCUT2D eigenvalue weighted by atomic mass is 16.5. The molecule has 4 heteroatoms. The molecule has 1 unspecified atom stereocenters. The molecule has 1 aliphatic heterocycles. The molecule has 1 heterocycles. The molecule has 0 fully saturated rings. The van der Waals surface area contributed by atoms with Crippen LogP contribution in [0, 0.1) is 0 Å².